The Morgan fingerprint density at radius 1 is 1.29 bits per heavy atom. The molecule has 152 valence electrons. The van der Waals surface area contributed by atoms with E-state index in [9.17, 15) is 14.7 Å². The van der Waals surface area contributed by atoms with Crippen LogP contribution in [-0.2, 0) is 4.74 Å². The predicted octanol–water partition coefficient (Wildman–Crippen LogP) is 2.86. The van der Waals surface area contributed by atoms with Gasteiger partial charge in [0.25, 0.3) is 5.91 Å². The molecule has 2 N–H and O–H groups in total. The zero-order valence-corrected chi connectivity index (χ0v) is 16.7. The number of aliphatic hydroxyl groups excluding tert-OH is 1. The lowest BCUT2D eigenvalue weighted by Gasteiger charge is -2.28. The summed E-state index contributed by atoms with van der Waals surface area (Å²) in [6.07, 6.45) is 5.02. The molecule has 2 aromatic rings. The molecule has 1 aliphatic carbocycles. The van der Waals surface area contributed by atoms with Gasteiger partial charge in [-0.2, -0.15) is 0 Å². The highest BCUT2D eigenvalue weighted by Crippen LogP contribution is 2.29. The smallest absolute Gasteiger partial charge is 0.419 e. The Morgan fingerprint density at radius 2 is 2.00 bits per heavy atom. The van der Waals surface area contributed by atoms with Crippen LogP contribution in [0.3, 0.4) is 0 Å². The fourth-order valence-corrected chi connectivity index (χ4v) is 3.43. The molecule has 1 saturated carbocycles. The molecule has 0 saturated heterocycles. The van der Waals surface area contributed by atoms with Gasteiger partial charge in [-0.05, 0) is 33.6 Å². The molecule has 0 spiro atoms. The minimum atomic E-state index is -0.697. The van der Waals surface area contributed by atoms with Gasteiger partial charge in [-0.3, -0.25) is 9.78 Å². The number of fused-ring (bicyclic) bond motifs is 1. The summed E-state index contributed by atoms with van der Waals surface area (Å²) in [5.74, 6) is 0.0200. The monoisotopic (exact) mass is 389 g/mol. The average Bonchev–Trinajstić information content (AvgIpc) is 3.02. The number of nitrogens with one attached hydrogen (secondary N) is 1. The van der Waals surface area contributed by atoms with Crippen LogP contribution in [0.15, 0.2) is 18.5 Å². The van der Waals surface area contributed by atoms with Crippen LogP contribution >= 0.6 is 0 Å². The first-order valence-corrected chi connectivity index (χ1v) is 9.47. The van der Waals surface area contributed by atoms with Crippen LogP contribution in [0.2, 0.25) is 0 Å². The van der Waals surface area contributed by atoms with Crippen molar-refractivity contribution >= 4 is 23.0 Å². The summed E-state index contributed by atoms with van der Waals surface area (Å²) in [5.41, 5.74) is 0.247. The van der Waals surface area contributed by atoms with Gasteiger partial charge in [-0.1, -0.05) is 12.8 Å². The second kappa shape index (κ2) is 7.79. The molecule has 1 aliphatic rings. The van der Waals surface area contributed by atoms with E-state index in [1.54, 1.807) is 26.8 Å². The molecule has 2 heterocycles. The van der Waals surface area contributed by atoms with Gasteiger partial charge in [0.1, 0.15) is 22.4 Å². The molecule has 3 rings (SSSR count). The van der Waals surface area contributed by atoms with Gasteiger partial charge in [0.2, 0.25) is 0 Å². The van der Waals surface area contributed by atoms with Crippen LogP contribution in [-0.4, -0.2) is 51.5 Å². The second-order valence-electron chi connectivity index (χ2n) is 8.04. The number of ether oxygens (including phenoxy) is 2. The third-order valence-electron chi connectivity index (χ3n) is 4.74. The molecular formula is C20H27N3O5. The third kappa shape index (κ3) is 4.11. The highest BCUT2D eigenvalue weighted by Gasteiger charge is 2.29. The Balaban J connectivity index is 2.01. The van der Waals surface area contributed by atoms with Crippen molar-refractivity contribution < 1.29 is 24.2 Å². The first-order chi connectivity index (χ1) is 13.2. The summed E-state index contributed by atoms with van der Waals surface area (Å²) in [7, 11) is 1.49. The van der Waals surface area contributed by atoms with Crippen molar-refractivity contribution in [1.29, 1.82) is 0 Å². The fraction of sp³-hybridized carbons (Fsp3) is 0.550. The van der Waals surface area contributed by atoms with E-state index in [0.29, 0.717) is 29.6 Å². The molecule has 1 amide bonds. The van der Waals surface area contributed by atoms with E-state index in [0.717, 1.165) is 12.8 Å². The van der Waals surface area contributed by atoms with Gasteiger partial charge in [-0.25, -0.2) is 9.36 Å². The molecule has 8 nitrogen and oxygen atoms in total. The Hall–Kier alpha value is -2.61. The molecule has 0 radical (unpaired) electrons. The molecule has 1 unspecified atom stereocenters. The van der Waals surface area contributed by atoms with Gasteiger partial charge >= 0.3 is 6.09 Å². The van der Waals surface area contributed by atoms with E-state index >= 15 is 0 Å². The summed E-state index contributed by atoms with van der Waals surface area (Å²) in [5, 5.41) is 13.0. The summed E-state index contributed by atoms with van der Waals surface area (Å²) in [4.78, 5) is 29.9. The molecule has 2 atom stereocenters. The van der Waals surface area contributed by atoms with Gasteiger partial charge in [-0.15, -0.1) is 0 Å². The summed E-state index contributed by atoms with van der Waals surface area (Å²) >= 11 is 0. The molecule has 28 heavy (non-hydrogen) atoms. The first-order valence-electron chi connectivity index (χ1n) is 9.47. The van der Waals surface area contributed by atoms with E-state index in [1.165, 1.54) is 24.1 Å². The van der Waals surface area contributed by atoms with Crippen LogP contribution in [0.4, 0.5) is 4.79 Å². The summed E-state index contributed by atoms with van der Waals surface area (Å²) in [6, 6.07) is 1.31. The van der Waals surface area contributed by atoms with E-state index < -0.39 is 17.8 Å². The van der Waals surface area contributed by atoms with Crippen molar-refractivity contribution in [2.75, 3.05) is 7.11 Å². The van der Waals surface area contributed by atoms with Gasteiger partial charge < -0.3 is 19.9 Å². The molecule has 1 fully saturated rings. The number of hydrogen-bond acceptors (Lipinski definition) is 6. The number of carbonyl (C=O) groups is 2. The lowest BCUT2D eigenvalue weighted by Crippen LogP contribution is -2.45. The Morgan fingerprint density at radius 3 is 2.64 bits per heavy atom. The number of pyridine rings is 1. The number of carbonyl (C=O) groups excluding carboxylic acids is 2. The number of nitrogens with zero attached hydrogens (tertiary/aromatic N) is 2. The van der Waals surface area contributed by atoms with Crippen LogP contribution in [0.1, 0.15) is 56.8 Å². The van der Waals surface area contributed by atoms with Gasteiger partial charge in [0.15, 0.2) is 0 Å². The molecule has 2 aromatic heterocycles. The number of rotatable bonds is 3. The quantitative estimate of drug-likeness (QED) is 0.837. The highest BCUT2D eigenvalue weighted by molar-refractivity contribution is 6.08. The summed E-state index contributed by atoms with van der Waals surface area (Å²) < 4.78 is 12.1. The predicted molar refractivity (Wildman–Crippen MR) is 104 cm³/mol. The molecule has 0 aliphatic heterocycles. The number of aromatic nitrogens is 2. The van der Waals surface area contributed by atoms with E-state index in [1.807, 2.05) is 0 Å². The molecule has 0 aromatic carbocycles. The topological polar surface area (TPSA) is 103 Å². The van der Waals surface area contributed by atoms with Crippen LogP contribution < -0.4 is 10.1 Å². The van der Waals surface area contributed by atoms with Crippen LogP contribution in [0.5, 0.6) is 5.75 Å². The van der Waals surface area contributed by atoms with Crippen LogP contribution in [0.25, 0.3) is 11.0 Å². The largest absolute Gasteiger partial charge is 0.494 e. The van der Waals surface area contributed by atoms with E-state index in [-0.39, 0.29) is 17.5 Å². The molecule has 0 bridgehead atoms. The Labute approximate surface area is 163 Å². The SMILES string of the molecule is COc1ccnc2c(C(=O)NC3CCCC[C@@H]3O)cn(C(=O)OC(C)(C)C)c12. The Kier molecular flexibility index (Phi) is 5.60. The zero-order chi connectivity index (χ0) is 20.5. The minimum absolute atomic E-state index is 0.234. The maximum Gasteiger partial charge on any atom is 0.419 e. The van der Waals surface area contributed by atoms with Crippen molar-refractivity contribution in [3.63, 3.8) is 0 Å². The maximum atomic E-state index is 12.9. The normalized spacial score (nSPS) is 20.0. The average molecular weight is 389 g/mol. The Bertz CT molecular complexity index is 884. The number of hydrogen-bond donors (Lipinski definition) is 2. The summed E-state index contributed by atoms with van der Waals surface area (Å²) in [6.45, 7) is 5.30. The number of methoxy groups -OCH3 is 1. The molecular weight excluding hydrogens is 362 g/mol. The minimum Gasteiger partial charge on any atom is -0.494 e. The van der Waals surface area contributed by atoms with Crippen molar-refractivity contribution in [1.82, 2.24) is 14.9 Å². The van der Waals surface area contributed by atoms with Crippen LogP contribution in [0, 0.1) is 0 Å². The maximum absolute atomic E-state index is 12.9. The third-order valence-corrected chi connectivity index (χ3v) is 4.74. The first kappa shape index (κ1) is 20.1. The van der Waals surface area contributed by atoms with E-state index in [2.05, 4.69) is 10.3 Å². The fourth-order valence-electron chi connectivity index (χ4n) is 3.43. The van der Waals surface area contributed by atoms with Crippen molar-refractivity contribution in [2.45, 2.75) is 64.2 Å². The molecule has 8 heteroatoms. The van der Waals surface area contributed by atoms with E-state index in [4.69, 9.17) is 9.47 Å². The van der Waals surface area contributed by atoms with Gasteiger partial charge in [0.05, 0.1) is 24.8 Å². The zero-order valence-electron chi connectivity index (χ0n) is 16.7. The highest BCUT2D eigenvalue weighted by atomic mass is 16.6. The lowest BCUT2D eigenvalue weighted by atomic mass is 9.92. The second-order valence-corrected chi connectivity index (χ2v) is 8.04. The number of aliphatic hydroxyl groups is 1. The van der Waals surface area contributed by atoms with Crippen molar-refractivity contribution in [3.05, 3.63) is 24.0 Å². The van der Waals surface area contributed by atoms with Crippen molar-refractivity contribution in [3.8, 4) is 5.75 Å². The van der Waals surface area contributed by atoms with Crippen molar-refractivity contribution in [2.24, 2.45) is 0 Å². The lowest BCUT2D eigenvalue weighted by molar-refractivity contribution is 0.0543. The standard InChI is InChI=1S/C20H27N3O5/c1-20(2,3)28-19(26)23-11-12(16-17(23)15(27-4)9-10-21-16)18(25)22-13-7-5-6-8-14(13)24/h9-11,13-14,24H,5-8H2,1-4H3,(H,22,25)/t13?,14-/m0/s1. The van der Waals surface area contributed by atoms with Gasteiger partial charge in [0, 0.05) is 18.5 Å². The number of amides is 1.